The molecule has 0 spiro atoms. The molecule has 1 aliphatic rings. The molecule has 100 valence electrons. The Bertz CT molecular complexity index is 595. The minimum absolute atomic E-state index is 0.631. The SMILES string of the molecule is COc1nc(N2CCOCC2)nc2cc(C)ccc12. The summed E-state index contributed by atoms with van der Waals surface area (Å²) in [5, 5.41) is 0.949. The predicted octanol–water partition coefficient (Wildman–Crippen LogP) is 1.78. The molecule has 1 aliphatic heterocycles. The lowest BCUT2D eigenvalue weighted by Gasteiger charge is -2.27. The van der Waals surface area contributed by atoms with Crippen LogP contribution in [0.4, 0.5) is 5.95 Å². The fourth-order valence-electron chi connectivity index (χ4n) is 2.26. The van der Waals surface area contributed by atoms with Gasteiger partial charge in [0.2, 0.25) is 11.8 Å². The zero-order chi connectivity index (χ0) is 13.2. The first-order chi connectivity index (χ1) is 9.28. The summed E-state index contributed by atoms with van der Waals surface area (Å²) in [5.41, 5.74) is 2.11. The van der Waals surface area contributed by atoms with Crippen molar-refractivity contribution in [3.05, 3.63) is 23.8 Å². The molecule has 3 rings (SSSR count). The van der Waals surface area contributed by atoms with E-state index in [1.54, 1.807) is 7.11 Å². The van der Waals surface area contributed by atoms with Crippen molar-refractivity contribution in [1.82, 2.24) is 9.97 Å². The number of nitrogens with zero attached hydrogens (tertiary/aromatic N) is 3. The molecule has 0 unspecified atom stereocenters. The van der Waals surface area contributed by atoms with Gasteiger partial charge in [0.05, 0.1) is 31.2 Å². The summed E-state index contributed by atoms with van der Waals surface area (Å²) < 4.78 is 10.7. The largest absolute Gasteiger partial charge is 0.480 e. The Labute approximate surface area is 112 Å². The molecule has 0 aliphatic carbocycles. The molecule has 1 aromatic heterocycles. The number of hydrogen-bond donors (Lipinski definition) is 0. The van der Waals surface area contributed by atoms with Gasteiger partial charge in [-0.25, -0.2) is 4.98 Å². The summed E-state index contributed by atoms with van der Waals surface area (Å²) in [6.45, 7) is 5.14. The molecule has 2 aromatic rings. The smallest absolute Gasteiger partial charge is 0.229 e. The summed E-state index contributed by atoms with van der Waals surface area (Å²) in [4.78, 5) is 11.3. The average Bonchev–Trinajstić information content (AvgIpc) is 2.46. The number of anilines is 1. The van der Waals surface area contributed by atoms with Crippen LogP contribution >= 0.6 is 0 Å². The van der Waals surface area contributed by atoms with Crippen molar-refractivity contribution in [2.45, 2.75) is 6.92 Å². The molecule has 1 aromatic carbocycles. The third kappa shape index (κ3) is 2.33. The van der Waals surface area contributed by atoms with Crippen LogP contribution in [-0.4, -0.2) is 43.4 Å². The van der Waals surface area contributed by atoms with Gasteiger partial charge in [-0.3, -0.25) is 0 Å². The second kappa shape index (κ2) is 5.01. The first kappa shape index (κ1) is 12.2. The highest BCUT2D eigenvalue weighted by atomic mass is 16.5. The third-order valence-electron chi connectivity index (χ3n) is 3.29. The number of hydrogen-bond acceptors (Lipinski definition) is 5. The molecule has 0 amide bonds. The summed E-state index contributed by atoms with van der Waals surface area (Å²) in [6, 6.07) is 6.11. The number of aromatic nitrogens is 2. The van der Waals surface area contributed by atoms with E-state index in [0.717, 1.165) is 43.2 Å². The van der Waals surface area contributed by atoms with E-state index in [0.29, 0.717) is 5.88 Å². The Balaban J connectivity index is 2.09. The van der Waals surface area contributed by atoms with Crippen molar-refractivity contribution in [2.24, 2.45) is 0 Å². The van der Waals surface area contributed by atoms with Gasteiger partial charge in [0.25, 0.3) is 0 Å². The van der Waals surface area contributed by atoms with Gasteiger partial charge in [-0.05, 0) is 24.6 Å². The minimum atomic E-state index is 0.631. The van der Waals surface area contributed by atoms with Crippen LogP contribution in [-0.2, 0) is 4.74 Å². The fraction of sp³-hybridized carbons (Fsp3) is 0.429. The maximum atomic E-state index is 5.39. The first-order valence-electron chi connectivity index (χ1n) is 6.43. The van der Waals surface area contributed by atoms with Gasteiger partial charge in [0.15, 0.2) is 0 Å². The molecule has 0 bridgehead atoms. The molecule has 0 saturated carbocycles. The van der Waals surface area contributed by atoms with E-state index in [2.05, 4.69) is 27.9 Å². The van der Waals surface area contributed by atoms with Gasteiger partial charge in [-0.2, -0.15) is 4.98 Å². The quantitative estimate of drug-likeness (QED) is 0.822. The number of morpholine rings is 1. The molecular weight excluding hydrogens is 242 g/mol. The molecule has 2 heterocycles. The zero-order valence-corrected chi connectivity index (χ0v) is 11.2. The van der Waals surface area contributed by atoms with Gasteiger partial charge < -0.3 is 14.4 Å². The molecular formula is C14H17N3O2. The van der Waals surface area contributed by atoms with E-state index >= 15 is 0 Å². The van der Waals surface area contributed by atoms with Crippen molar-refractivity contribution in [2.75, 3.05) is 38.3 Å². The first-order valence-corrected chi connectivity index (χ1v) is 6.43. The Kier molecular flexibility index (Phi) is 3.21. The highest BCUT2D eigenvalue weighted by molar-refractivity contribution is 5.85. The average molecular weight is 259 g/mol. The molecule has 1 saturated heterocycles. The normalized spacial score (nSPS) is 15.8. The van der Waals surface area contributed by atoms with Crippen LogP contribution in [0.25, 0.3) is 10.9 Å². The number of ether oxygens (including phenoxy) is 2. The van der Waals surface area contributed by atoms with Crippen LogP contribution in [0, 0.1) is 6.92 Å². The van der Waals surface area contributed by atoms with Crippen LogP contribution in [0.1, 0.15) is 5.56 Å². The Morgan fingerprint density at radius 3 is 2.74 bits per heavy atom. The van der Waals surface area contributed by atoms with E-state index in [9.17, 15) is 0 Å². The van der Waals surface area contributed by atoms with Crippen molar-refractivity contribution in [1.29, 1.82) is 0 Å². The van der Waals surface area contributed by atoms with Crippen molar-refractivity contribution in [3.8, 4) is 5.88 Å². The van der Waals surface area contributed by atoms with E-state index in [1.165, 1.54) is 5.56 Å². The van der Waals surface area contributed by atoms with Crippen LogP contribution in [0.2, 0.25) is 0 Å². The molecule has 5 nitrogen and oxygen atoms in total. The fourth-order valence-corrected chi connectivity index (χ4v) is 2.26. The molecule has 0 atom stereocenters. The monoisotopic (exact) mass is 259 g/mol. The molecule has 0 radical (unpaired) electrons. The molecule has 0 N–H and O–H groups in total. The summed E-state index contributed by atoms with van der Waals surface area (Å²) in [7, 11) is 1.64. The molecule has 19 heavy (non-hydrogen) atoms. The molecule has 5 heteroatoms. The number of aryl methyl sites for hydroxylation is 1. The summed E-state index contributed by atoms with van der Waals surface area (Å²) >= 11 is 0. The lowest BCUT2D eigenvalue weighted by atomic mass is 10.2. The maximum absolute atomic E-state index is 5.39. The Morgan fingerprint density at radius 2 is 2.00 bits per heavy atom. The van der Waals surface area contributed by atoms with E-state index < -0.39 is 0 Å². The minimum Gasteiger partial charge on any atom is -0.480 e. The van der Waals surface area contributed by atoms with E-state index in [-0.39, 0.29) is 0 Å². The maximum Gasteiger partial charge on any atom is 0.229 e. The second-order valence-corrected chi connectivity index (χ2v) is 4.65. The van der Waals surface area contributed by atoms with Crippen LogP contribution < -0.4 is 9.64 Å². The third-order valence-corrected chi connectivity index (χ3v) is 3.29. The van der Waals surface area contributed by atoms with Gasteiger partial charge in [-0.1, -0.05) is 6.07 Å². The second-order valence-electron chi connectivity index (χ2n) is 4.65. The van der Waals surface area contributed by atoms with E-state index in [1.807, 2.05) is 12.1 Å². The lowest BCUT2D eigenvalue weighted by molar-refractivity contribution is 0.122. The Morgan fingerprint density at radius 1 is 1.21 bits per heavy atom. The van der Waals surface area contributed by atoms with Crippen LogP contribution in [0.15, 0.2) is 18.2 Å². The number of methoxy groups -OCH3 is 1. The number of rotatable bonds is 2. The zero-order valence-electron chi connectivity index (χ0n) is 11.2. The number of fused-ring (bicyclic) bond motifs is 1. The lowest BCUT2D eigenvalue weighted by Crippen LogP contribution is -2.37. The highest BCUT2D eigenvalue weighted by Gasteiger charge is 2.16. The van der Waals surface area contributed by atoms with Crippen molar-refractivity contribution in [3.63, 3.8) is 0 Å². The standard InChI is InChI=1S/C14H17N3O2/c1-10-3-4-11-12(9-10)15-14(16-13(11)18-2)17-5-7-19-8-6-17/h3-4,9H,5-8H2,1-2H3. The number of benzene rings is 1. The van der Waals surface area contributed by atoms with Gasteiger partial charge in [0, 0.05) is 13.1 Å². The van der Waals surface area contributed by atoms with Gasteiger partial charge in [-0.15, -0.1) is 0 Å². The Hall–Kier alpha value is -1.88. The van der Waals surface area contributed by atoms with Gasteiger partial charge >= 0.3 is 0 Å². The highest BCUT2D eigenvalue weighted by Crippen LogP contribution is 2.26. The van der Waals surface area contributed by atoms with E-state index in [4.69, 9.17) is 9.47 Å². The van der Waals surface area contributed by atoms with Crippen LogP contribution in [0.5, 0.6) is 5.88 Å². The summed E-state index contributed by atoms with van der Waals surface area (Å²) in [6.07, 6.45) is 0. The topological polar surface area (TPSA) is 47.5 Å². The van der Waals surface area contributed by atoms with Crippen LogP contribution in [0.3, 0.4) is 0 Å². The summed E-state index contributed by atoms with van der Waals surface area (Å²) in [5.74, 6) is 1.35. The van der Waals surface area contributed by atoms with Gasteiger partial charge in [0.1, 0.15) is 0 Å². The molecule has 1 fully saturated rings. The van der Waals surface area contributed by atoms with Crippen molar-refractivity contribution < 1.29 is 9.47 Å². The predicted molar refractivity (Wildman–Crippen MR) is 73.9 cm³/mol. The van der Waals surface area contributed by atoms with Crippen molar-refractivity contribution >= 4 is 16.9 Å².